The molecule has 1 fully saturated rings. The molecule has 5 heteroatoms. The molecule has 5 nitrogen and oxygen atoms in total. The molecule has 1 aromatic carbocycles. The molecule has 0 saturated heterocycles. The number of ether oxygens (including phenoxy) is 3. The fraction of sp³-hybridized carbons (Fsp3) is 0.625. The van der Waals surface area contributed by atoms with Gasteiger partial charge in [-0.1, -0.05) is 19.3 Å². The fourth-order valence-electron chi connectivity index (χ4n) is 3.31. The summed E-state index contributed by atoms with van der Waals surface area (Å²) in [6, 6.07) is 5.74. The number of hydrogen-bond acceptors (Lipinski definition) is 5. The lowest BCUT2D eigenvalue weighted by Crippen LogP contribution is -2.49. The first-order chi connectivity index (χ1) is 10.2. The molecule has 0 aromatic heterocycles. The Kier molecular flexibility index (Phi) is 5.45. The Bertz CT molecular complexity index is 437. The van der Waals surface area contributed by atoms with Crippen molar-refractivity contribution in [3.8, 4) is 11.5 Å². The molecule has 1 unspecified atom stereocenters. The Balaban J connectivity index is 2.39. The van der Waals surface area contributed by atoms with Crippen LogP contribution in [0.5, 0.6) is 11.5 Å². The lowest BCUT2D eigenvalue weighted by atomic mass is 9.77. The van der Waals surface area contributed by atoms with Crippen LogP contribution in [-0.4, -0.2) is 26.9 Å². The number of hydrazine groups is 1. The highest BCUT2D eigenvalue weighted by Crippen LogP contribution is 2.42. The topological polar surface area (TPSA) is 65.7 Å². The lowest BCUT2D eigenvalue weighted by molar-refractivity contribution is -0.0689. The summed E-state index contributed by atoms with van der Waals surface area (Å²) in [6.45, 7) is 0. The standard InChI is InChI=1S/C16H26N2O3/c1-19-13-9-12(10-14(11-13)20-2)15(18-17)16(21-3)7-5-4-6-8-16/h9-11,15,18H,4-8,17H2,1-3H3. The van der Waals surface area contributed by atoms with E-state index in [4.69, 9.17) is 20.1 Å². The van der Waals surface area contributed by atoms with Crippen molar-refractivity contribution in [2.45, 2.75) is 43.7 Å². The van der Waals surface area contributed by atoms with Crippen molar-refractivity contribution in [3.05, 3.63) is 23.8 Å². The van der Waals surface area contributed by atoms with E-state index in [1.165, 1.54) is 6.42 Å². The SMILES string of the molecule is COc1cc(OC)cc(C(NN)C2(OC)CCCCC2)c1. The summed E-state index contributed by atoms with van der Waals surface area (Å²) >= 11 is 0. The van der Waals surface area contributed by atoms with Crippen LogP contribution >= 0.6 is 0 Å². The summed E-state index contributed by atoms with van der Waals surface area (Å²) in [6.07, 6.45) is 5.57. The van der Waals surface area contributed by atoms with Crippen molar-refractivity contribution in [1.82, 2.24) is 5.43 Å². The van der Waals surface area contributed by atoms with Gasteiger partial charge in [0.25, 0.3) is 0 Å². The minimum absolute atomic E-state index is 0.0909. The summed E-state index contributed by atoms with van der Waals surface area (Å²) in [7, 11) is 5.07. The van der Waals surface area contributed by atoms with Crippen LogP contribution in [0, 0.1) is 0 Å². The van der Waals surface area contributed by atoms with E-state index in [9.17, 15) is 0 Å². The van der Waals surface area contributed by atoms with Gasteiger partial charge in [-0.2, -0.15) is 0 Å². The molecule has 21 heavy (non-hydrogen) atoms. The second kappa shape index (κ2) is 7.11. The zero-order valence-electron chi connectivity index (χ0n) is 13.1. The highest BCUT2D eigenvalue weighted by atomic mass is 16.5. The highest BCUT2D eigenvalue weighted by molar-refractivity contribution is 5.40. The van der Waals surface area contributed by atoms with E-state index in [-0.39, 0.29) is 11.6 Å². The summed E-state index contributed by atoms with van der Waals surface area (Å²) < 4.78 is 16.6. The monoisotopic (exact) mass is 294 g/mol. The van der Waals surface area contributed by atoms with Crippen LogP contribution in [0.25, 0.3) is 0 Å². The van der Waals surface area contributed by atoms with Crippen molar-refractivity contribution in [2.75, 3.05) is 21.3 Å². The summed E-state index contributed by atoms with van der Waals surface area (Å²) in [5, 5.41) is 0. The quantitative estimate of drug-likeness (QED) is 0.623. The van der Waals surface area contributed by atoms with E-state index in [1.54, 1.807) is 21.3 Å². The van der Waals surface area contributed by atoms with Gasteiger partial charge in [-0.3, -0.25) is 11.3 Å². The maximum Gasteiger partial charge on any atom is 0.122 e. The van der Waals surface area contributed by atoms with Gasteiger partial charge >= 0.3 is 0 Å². The molecule has 1 saturated carbocycles. The van der Waals surface area contributed by atoms with Gasteiger partial charge in [0.2, 0.25) is 0 Å². The van der Waals surface area contributed by atoms with Crippen LogP contribution in [0.4, 0.5) is 0 Å². The first-order valence-electron chi connectivity index (χ1n) is 7.43. The van der Waals surface area contributed by atoms with E-state index < -0.39 is 0 Å². The molecule has 1 aromatic rings. The summed E-state index contributed by atoms with van der Waals surface area (Å²) in [5.41, 5.74) is 3.70. The third-order valence-electron chi connectivity index (χ3n) is 4.51. The molecular formula is C16H26N2O3. The van der Waals surface area contributed by atoms with E-state index in [0.717, 1.165) is 42.7 Å². The Morgan fingerprint density at radius 2 is 1.57 bits per heavy atom. The molecule has 0 radical (unpaired) electrons. The van der Waals surface area contributed by atoms with E-state index in [1.807, 2.05) is 18.2 Å². The fourth-order valence-corrected chi connectivity index (χ4v) is 3.31. The van der Waals surface area contributed by atoms with Crippen LogP contribution in [0.15, 0.2) is 18.2 Å². The first-order valence-corrected chi connectivity index (χ1v) is 7.43. The highest BCUT2D eigenvalue weighted by Gasteiger charge is 2.40. The van der Waals surface area contributed by atoms with E-state index >= 15 is 0 Å². The number of nitrogens with two attached hydrogens (primary N) is 1. The maximum atomic E-state index is 5.91. The minimum Gasteiger partial charge on any atom is -0.497 e. The van der Waals surface area contributed by atoms with Crippen molar-refractivity contribution in [1.29, 1.82) is 0 Å². The third kappa shape index (κ3) is 3.31. The number of nitrogens with one attached hydrogen (secondary N) is 1. The number of rotatable bonds is 6. The predicted octanol–water partition coefficient (Wildman–Crippen LogP) is 2.56. The van der Waals surface area contributed by atoms with E-state index in [2.05, 4.69) is 5.43 Å². The predicted molar refractivity (Wildman–Crippen MR) is 82.4 cm³/mol. The molecule has 0 heterocycles. The van der Waals surface area contributed by atoms with Gasteiger partial charge in [-0.25, -0.2) is 0 Å². The van der Waals surface area contributed by atoms with Gasteiger partial charge in [0.05, 0.1) is 25.9 Å². The van der Waals surface area contributed by atoms with Gasteiger partial charge in [0, 0.05) is 13.2 Å². The molecule has 2 rings (SSSR count). The zero-order valence-corrected chi connectivity index (χ0v) is 13.1. The molecule has 3 N–H and O–H groups in total. The molecule has 0 bridgehead atoms. The Hall–Kier alpha value is -1.30. The molecule has 1 aliphatic carbocycles. The number of methoxy groups -OCH3 is 3. The smallest absolute Gasteiger partial charge is 0.122 e. The molecule has 118 valence electrons. The Morgan fingerprint density at radius 1 is 1.00 bits per heavy atom. The minimum atomic E-state index is -0.273. The average Bonchev–Trinajstić information content (AvgIpc) is 2.55. The van der Waals surface area contributed by atoms with Crippen molar-refractivity contribution in [2.24, 2.45) is 5.84 Å². The van der Waals surface area contributed by atoms with Crippen molar-refractivity contribution < 1.29 is 14.2 Å². The average molecular weight is 294 g/mol. The number of hydrogen-bond donors (Lipinski definition) is 2. The second-order valence-electron chi connectivity index (χ2n) is 5.58. The second-order valence-corrected chi connectivity index (χ2v) is 5.58. The molecular weight excluding hydrogens is 268 g/mol. The maximum absolute atomic E-state index is 5.91. The largest absolute Gasteiger partial charge is 0.497 e. The molecule has 1 aliphatic rings. The third-order valence-corrected chi connectivity index (χ3v) is 4.51. The zero-order chi connectivity index (χ0) is 15.3. The van der Waals surface area contributed by atoms with Crippen LogP contribution in [0.2, 0.25) is 0 Å². The van der Waals surface area contributed by atoms with Gasteiger partial charge in [0.1, 0.15) is 11.5 Å². The van der Waals surface area contributed by atoms with Gasteiger partial charge < -0.3 is 14.2 Å². The normalized spacial score (nSPS) is 19.0. The lowest BCUT2D eigenvalue weighted by Gasteiger charge is -2.42. The number of benzene rings is 1. The van der Waals surface area contributed by atoms with Crippen LogP contribution in [-0.2, 0) is 4.74 Å². The molecule has 0 spiro atoms. The Morgan fingerprint density at radius 3 is 2.00 bits per heavy atom. The van der Waals surface area contributed by atoms with Gasteiger partial charge in [-0.05, 0) is 30.5 Å². The first kappa shape index (κ1) is 16.1. The summed E-state index contributed by atoms with van der Waals surface area (Å²) in [5.74, 6) is 7.38. The van der Waals surface area contributed by atoms with Crippen LogP contribution in [0.3, 0.4) is 0 Å². The van der Waals surface area contributed by atoms with Crippen molar-refractivity contribution in [3.63, 3.8) is 0 Å². The molecule has 0 amide bonds. The van der Waals surface area contributed by atoms with Crippen LogP contribution < -0.4 is 20.7 Å². The summed E-state index contributed by atoms with van der Waals surface area (Å²) in [4.78, 5) is 0. The molecule has 1 atom stereocenters. The van der Waals surface area contributed by atoms with E-state index in [0.29, 0.717) is 0 Å². The Labute approximate surface area is 126 Å². The van der Waals surface area contributed by atoms with Crippen molar-refractivity contribution >= 4 is 0 Å². The molecule has 0 aliphatic heterocycles. The van der Waals surface area contributed by atoms with Gasteiger partial charge in [-0.15, -0.1) is 0 Å². The van der Waals surface area contributed by atoms with Crippen LogP contribution in [0.1, 0.15) is 43.7 Å². The van der Waals surface area contributed by atoms with Gasteiger partial charge in [0.15, 0.2) is 0 Å².